The number of aliphatic carboxylic acids is 1. The zero-order valence-electron chi connectivity index (χ0n) is 26.7. The number of rotatable bonds is 18. The number of aliphatic hydroxyl groups is 1. The standard InChI is InChI=1S/C28H51N9O8/c1-14(2)12-17(29)23(40)36-21(15(3)4)26(43)37-11-7-9-19(37)25(42)34-18(8-6-10-32-28(30)31)24(41)33-13-20(39)35-22(16(5)38)27(44)45/h14-19,21-22,38H,6-13,29H2,1-5H3,(H,33,41)(H,34,42)(H,35,39)(H,36,40)(H,44,45)(H4,30,31,32). The molecule has 0 bridgehead atoms. The summed E-state index contributed by atoms with van der Waals surface area (Å²) in [6.07, 6.45) is 0.239. The van der Waals surface area contributed by atoms with Gasteiger partial charge in [-0.15, -0.1) is 0 Å². The summed E-state index contributed by atoms with van der Waals surface area (Å²) in [6.45, 7) is 8.39. The fourth-order valence-corrected chi connectivity index (χ4v) is 4.81. The van der Waals surface area contributed by atoms with Gasteiger partial charge in [0.25, 0.3) is 0 Å². The molecule has 0 aliphatic carbocycles. The third kappa shape index (κ3) is 13.3. The van der Waals surface area contributed by atoms with Gasteiger partial charge in [-0.1, -0.05) is 27.7 Å². The van der Waals surface area contributed by atoms with Gasteiger partial charge in [-0.25, -0.2) is 4.79 Å². The van der Waals surface area contributed by atoms with Gasteiger partial charge in [0.2, 0.25) is 29.5 Å². The molecule has 256 valence electrons. The van der Waals surface area contributed by atoms with Crippen LogP contribution < -0.4 is 38.5 Å². The number of amides is 5. The molecule has 6 unspecified atom stereocenters. The van der Waals surface area contributed by atoms with Crippen LogP contribution in [0.25, 0.3) is 0 Å². The number of carbonyl (C=O) groups is 6. The number of aliphatic imine (C=N–C) groups is 1. The Labute approximate surface area is 263 Å². The van der Waals surface area contributed by atoms with Crippen molar-refractivity contribution in [2.24, 2.45) is 34.0 Å². The van der Waals surface area contributed by atoms with E-state index in [1.54, 1.807) is 13.8 Å². The Balaban J connectivity index is 3.02. The summed E-state index contributed by atoms with van der Waals surface area (Å²) in [5.41, 5.74) is 16.7. The summed E-state index contributed by atoms with van der Waals surface area (Å²) in [5.74, 6) is -4.84. The Hall–Kier alpha value is -3.99. The summed E-state index contributed by atoms with van der Waals surface area (Å²) in [5, 5.41) is 28.6. The smallest absolute Gasteiger partial charge is 0.328 e. The molecule has 1 heterocycles. The maximum absolute atomic E-state index is 13.6. The van der Waals surface area contributed by atoms with E-state index in [0.29, 0.717) is 19.3 Å². The molecular formula is C28H51N9O8. The van der Waals surface area contributed by atoms with Gasteiger partial charge in [0, 0.05) is 13.1 Å². The lowest BCUT2D eigenvalue weighted by atomic mass is 9.99. The first kappa shape index (κ1) is 39.0. The van der Waals surface area contributed by atoms with Crippen LogP contribution in [0.4, 0.5) is 0 Å². The van der Waals surface area contributed by atoms with E-state index in [1.165, 1.54) is 11.8 Å². The van der Waals surface area contributed by atoms with Crippen LogP contribution in [-0.2, 0) is 28.8 Å². The third-order valence-corrected chi connectivity index (χ3v) is 7.20. The van der Waals surface area contributed by atoms with Gasteiger partial charge in [0.1, 0.15) is 18.1 Å². The molecule has 45 heavy (non-hydrogen) atoms. The molecule has 0 aromatic heterocycles. The topological polar surface area (TPSA) is 285 Å². The number of hydrogen-bond donors (Lipinski definition) is 9. The maximum Gasteiger partial charge on any atom is 0.328 e. The zero-order chi connectivity index (χ0) is 34.4. The molecule has 1 rings (SSSR count). The summed E-state index contributed by atoms with van der Waals surface area (Å²) >= 11 is 0. The van der Waals surface area contributed by atoms with Gasteiger partial charge in [0.15, 0.2) is 12.0 Å². The Kier molecular flexibility index (Phi) is 16.2. The van der Waals surface area contributed by atoms with Crippen molar-refractivity contribution in [3.05, 3.63) is 0 Å². The van der Waals surface area contributed by atoms with Gasteiger partial charge < -0.3 is 53.6 Å². The molecule has 0 saturated carbocycles. The number of likely N-dealkylation sites (tertiary alicyclic amines) is 1. The van der Waals surface area contributed by atoms with Crippen molar-refractivity contribution < 1.29 is 39.0 Å². The fourth-order valence-electron chi connectivity index (χ4n) is 4.81. The van der Waals surface area contributed by atoms with Crippen molar-refractivity contribution in [2.45, 2.75) is 103 Å². The largest absolute Gasteiger partial charge is 0.480 e. The van der Waals surface area contributed by atoms with Crippen LogP contribution >= 0.6 is 0 Å². The molecule has 5 amide bonds. The molecular weight excluding hydrogens is 590 g/mol. The second-order valence-electron chi connectivity index (χ2n) is 12.0. The first-order chi connectivity index (χ1) is 21.0. The van der Waals surface area contributed by atoms with Crippen molar-refractivity contribution in [1.29, 1.82) is 0 Å². The van der Waals surface area contributed by atoms with Crippen LogP contribution in [0.1, 0.15) is 66.7 Å². The third-order valence-electron chi connectivity index (χ3n) is 7.20. The highest BCUT2D eigenvalue weighted by Crippen LogP contribution is 2.21. The van der Waals surface area contributed by atoms with Crippen molar-refractivity contribution in [3.8, 4) is 0 Å². The van der Waals surface area contributed by atoms with E-state index < -0.39 is 78.4 Å². The molecule has 1 aliphatic heterocycles. The minimum Gasteiger partial charge on any atom is -0.480 e. The van der Waals surface area contributed by atoms with Crippen molar-refractivity contribution in [2.75, 3.05) is 19.6 Å². The highest BCUT2D eigenvalue weighted by molar-refractivity contribution is 5.96. The van der Waals surface area contributed by atoms with Crippen LogP contribution in [0.5, 0.6) is 0 Å². The minimum absolute atomic E-state index is 0.0699. The van der Waals surface area contributed by atoms with Gasteiger partial charge in [-0.2, -0.15) is 0 Å². The average Bonchev–Trinajstić information content (AvgIpc) is 3.43. The highest BCUT2D eigenvalue weighted by Gasteiger charge is 2.40. The first-order valence-electron chi connectivity index (χ1n) is 15.2. The molecule has 12 N–H and O–H groups in total. The van der Waals surface area contributed by atoms with Crippen LogP contribution in [0.2, 0.25) is 0 Å². The molecule has 1 saturated heterocycles. The lowest BCUT2D eigenvalue weighted by molar-refractivity contribution is -0.144. The second-order valence-corrected chi connectivity index (χ2v) is 12.0. The lowest BCUT2D eigenvalue weighted by Gasteiger charge is -2.32. The number of carbonyl (C=O) groups excluding carboxylic acids is 5. The molecule has 1 aliphatic rings. The first-order valence-corrected chi connectivity index (χ1v) is 15.2. The van der Waals surface area contributed by atoms with E-state index in [0.717, 1.165) is 0 Å². The van der Waals surface area contributed by atoms with Gasteiger partial charge in [-0.05, 0) is 50.9 Å². The van der Waals surface area contributed by atoms with Gasteiger partial charge >= 0.3 is 5.97 Å². The van der Waals surface area contributed by atoms with E-state index in [4.69, 9.17) is 22.3 Å². The summed E-state index contributed by atoms with van der Waals surface area (Å²) in [4.78, 5) is 81.6. The summed E-state index contributed by atoms with van der Waals surface area (Å²) < 4.78 is 0. The normalized spacial score (nSPS) is 17.9. The van der Waals surface area contributed by atoms with Gasteiger partial charge in [-0.3, -0.25) is 29.0 Å². The van der Waals surface area contributed by atoms with E-state index in [-0.39, 0.29) is 43.7 Å². The van der Waals surface area contributed by atoms with Gasteiger partial charge in [0.05, 0.1) is 18.7 Å². The van der Waals surface area contributed by atoms with Crippen LogP contribution in [0.3, 0.4) is 0 Å². The second kappa shape index (κ2) is 18.7. The predicted octanol–water partition coefficient (Wildman–Crippen LogP) is -2.90. The summed E-state index contributed by atoms with van der Waals surface area (Å²) in [7, 11) is 0. The fraction of sp³-hybridized carbons (Fsp3) is 0.750. The monoisotopic (exact) mass is 641 g/mol. The Morgan fingerprint density at radius 1 is 0.956 bits per heavy atom. The van der Waals surface area contributed by atoms with Crippen LogP contribution in [0, 0.1) is 11.8 Å². The van der Waals surface area contributed by atoms with Crippen molar-refractivity contribution in [1.82, 2.24) is 26.2 Å². The summed E-state index contributed by atoms with van der Waals surface area (Å²) in [6, 6.07) is -5.37. The number of nitrogens with zero attached hydrogens (tertiary/aromatic N) is 2. The number of nitrogens with two attached hydrogens (primary N) is 3. The van der Waals surface area contributed by atoms with E-state index in [2.05, 4.69) is 26.3 Å². The van der Waals surface area contributed by atoms with Crippen LogP contribution in [0.15, 0.2) is 4.99 Å². The number of nitrogens with one attached hydrogen (secondary N) is 4. The van der Waals surface area contributed by atoms with E-state index in [9.17, 15) is 33.9 Å². The van der Waals surface area contributed by atoms with Crippen molar-refractivity contribution in [3.63, 3.8) is 0 Å². The van der Waals surface area contributed by atoms with E-state index >= 15 is 0 Å². The van der Waals surface area contributed by atoms with Crippen LogP contribution in [-0.4, -0.2) is 113 Å². The number of guanidine groups is 1. The van der Waals surface area contributed by atoms with Crippen molar-refractivity contribution >= 4 is 41.5 Å². The molecule has 0 radical (unpaired) electrons. The average molecular weight is 642 g/mol. The molecule has 17 nitrogen and oxygen atoms in total. The Morgan fingerprint density at radius 3 is 2.13 bits per heavy atom. The van der Waals surface area contributed by atoms with E-state index in [1.807, 2.05) is 13.8 Å². The SMILES string of the molecule is CC(C)CC(N)C(=O)NC(C(=O)N1CCCC1C(=O)NC(CCCN=C(N)N)C(=O)NCC(=O)NC(C(=O)O)C(C)O)C(C)C. The number of carboxylic acids is 1. The molecule has 1 fully saturated rings. The minimum atomic E-state index is -1.58. The molecule has 0 aromatic carbocycles. The molecule has 0 aromatic rings. The highest BCUT2D eigenvalue weighted by atomic mass is 16.4. The molecule has 17 heteroatoms. The number of aliphatic hydroxyl groups excluding tert-OH is 1. The quantitative estimate of drug-likeness (QED) is 0.0415. The predicted molar refractivity (Wildman–Crippen MR) is 165 cm³/mol. The lowest BCUT2D eigenvalue weighted by Crippen LogP contribution is -2.59. The maximum atomic E-state index is 13.6. The number of carboxylic acid groups (broad SMARTS) is 1. The molecule has 6 atom stereocenters. The Bertz CT molecular complexity index is 1080. The number of hydrogen-bond acceptors (Lipinski definition) is 9. The Morgan fingerprint density at radius 2 is 1.60 bits per heavy atom. The molecule has 0 spiro atoms. The zero-order valence-corrected chi connectivity index (χ0v) is 26.7.